The van der Waals surface area contributed by atoms with Crippen molar-refractivity contribution in [2.75, 3.05) is 13.7 Å². The first-order chi connectivity index (χ1) is 13.6. The van der Waals surface area contributed by atoms with E-state index in [0.717, 1.165) is 18.5 Å². The Bertz CT molecular complexity index is 815. The van der Waals surface area contributed by atoms with Gasteiger partial charge in [-0.15, -0.1) is 0 Å². The van der Waals surface area contributed by atoms with Crippen LogP contribution in [0.2, 0.25) is 5.02 Å². The quantitative estimate of drug-likeness (QED) is 0.740. The van der Waals surface area contributed by atoms with Gasteiger partial charge < -0.3 is 19.9 Å². The van der Waals surface area contributed by atoms with Crippen LogP contribution in [0.15, 0.2) is 36.7 Å². The van der Waals surface area contributed by atoms with Crippen LogP contribution in [-0.4, -0.2) is 36.1 Å². The molecule has 0 atom stereocenters. The maximum atomic E-state index is 12.6. The second-order valence-corrected chi connectivity index (χ2v) is 7.41. The second kappa shape index (κ2) is 9.64. The van der Waals surface area contributed by atoms with Gasteiger partial charge in [-0.1, -0.05) is 30.9 Å². The highest BCUT2D eigenvalue weighted by molar-refractivity contribution is 6.33. The Morgan fingerprint density at radius 3 is 2.57 bits per heavy atom. The molecule has 1 aliphatic rings. The van der Waals surface area contributed by atoms with Crippen molar-refractivity contribution in [2.24, 2.45) is 0 Å². The number of rotatable bonds is 7. The van der Waals surface area contributed by atoms with Crippen LogP contribution >= 0.6 is 11.6 Å². The molecule has 0 unspecified atom stereocenters. The van der Waals surface area contributed by atoms with E-state index in [9.17, 15) is 9.59 Å². The minimum absolute atomic E-state index is 0.0276. The number of hydrogen-bond acceptors (Lipinski definition) is 3. The number of carbonyl (C=O) groups is 2. The number of amides is 2. The monoisotopic (exact) mass is 403 g/mol. The fraction of sp³-hybridized carbons (Fsp3) is 0.429. The van der Waals surface area contributed by atoms with Gasteiger partial charge in [0.15, 0.2) is 0 Å². The van der Waals surface area contributed by atoms with E-state index < -0.39 is 0 Å². The van der Waals surface area contributed by atoms with Gasteiger partial charge in [-0.25, -0.2) is 0 Å². The lowest BCUT2D eigenvalue weighted by molar-refractivity contribution is -0.121. The van der Waals surface area contributed by atoms with Crippen LogP contribution in [0, 0.1) is 0 Å². The summed E-state index contributed by atoms with van der Waals surface area (Å²) < 4.78 is 7.23. The molecule has 1 aromatic carbocycles. The zero-order valence-electron chi connectivity index (χ0n) is 16.0. The van der Waals surface area contributed by atoms with Gasteiger partial charge in [0.05, 0.1) is 23.4 Å². The number of halogens is 1. The maximum absolute atomic E-state index is 12.6. The molecule has 0 radical (unpaired) electrons. The van der Waals surface area contributed by atoms with Crippen LogP contribution < -0.4 is 15.4 Å². The summed E-state index contributed by atoms with van der Waals surface area (Å²) in [6, 6.07) is 7.38. The summed E-state index contributed by atoms with van der Waals surface area (Å²) in [7, 11) is 1.51. The third kappa shape index (κ3) is 5.07. The largest absolute Gasteiger partial charge is 0.496 e. The molecule has 0 spiro atoms. The number of ether oxygens (including phenoxy) is 1. The van der Waals surface area contributed by atoms with E-state index in [0.29, 0.717) is 16.3 Å². The van der Waals surface area contributed by atoms with Crippen molar-refractivity contribution in [3.05, 3.63) is 47.2 Å². The van der Waals surface area contributed by atoms with Gasteiger partial charge >= 0.3 is 0 Å². The van der Waals surface area contributed by atoms with Crippen molar-refractivity contribution < 1.29 is 14.3 Å². The fourth-order valence-corrected chi connectivity index (χ4v) is 3.77. The van der Waals surface area contributed by atoms with Crippen molar-refractivity contribution >= 4 is 23.4 Å². The van der Waals surface area contributed by atoms with Gasteiger partial charge in [-0.3, -0.25) is 9.59 Å². The molecule has 6 nitrogen and oxygen atoms in total. The van der Waals surface area contributed by atoms with Crippen molar-refractivity contribution in [2.45, 2.75) is 44.6 Å². The Morgan fingerprint density at radius 1 is 1.18 bits per heavy atom. The molecule has 28 heavy (non-hydrogen) atoms. The molecule has 3 rings (SSSR count). The molecule has 1 fully saturated rings. The zero-order valence-corrected chi connectivity index (χ0v) is 16.8. The van der Waals surface area contributed by atoms with Crippen LogP contribution in [0.25, 0.3) is 5.69 Å². The number of aromatic nitrogens is 1. The lowest BCUT2D eigenvalue weighted by atomic mass is 9.95. The molecular formula is C21H26ClN3O3. The summed E-state index contributed by atoms with van der Waals surface area (Å²) in [5.74, 6) is 0.0840. The third-order valence-electron chi connectivity index (χ3n) is 5.00. The minimum atomic E-state index is -0.316. The molecule has 150 valence electrons. The second-order valence-electron chi connectivity index (χ2n) is 7.00. The molecule has 1 aromatic heterocycles. The highest BCUT2D eigenvalue weighted by atomic mass is 35.5. The molecule has 0 saturated heterocycles. The number of benzene rings is 1. The summed E-state index contributed by atoms with van der Waals surface area (Å²) in [6.45, 7) is 0.261. The number of nitrogens with zero attached hydrogens (tertiary/aromatic N) is 1. The van der Waals surface area contributed by atoms with Crippen molar-refractivity contribution in [1.82, 2.24) is 15.2 Å². The highest BCUT2D eigenvalue weighted by Crippen LogP contribution is 2.30. The first kappa shape index (κ1) is 20.3. The van der Waals surface area contributed by atoms with E-state index in [-0.39, 0.29) is 30.8 Å². The molecule has 2 aromatic rings. The van der Waals surface area contributed by atoms with Crippen LogP contribution in [-0.2, 0) is 4.79 Å². The fourth-order valence-electron chi connectivity index (χ4n) is 3.51. The lowest BCUT2D eigenvalue weighted by Crippen LogP contribution is -2.38. The predicted molar refractivity (Wildman–Crippen MR) is 109 cm³/mol. The first-order valence-electron chi connectivity index (χ1n) is 9.67. The van der Waals surface area contributed by atoms with E-state index in [4.69, 9.17) is 16.3 Å². The van der Waals surface area contributed by atoms with Gasteiger partial charge in [-0.2, -0.15) is 0 Å². The number of carbonyl (C=O) groups excluding carboxylic acids is 2. The highest BCUT2D eigenvalue weighted by Gasteiger charge is 2.18. The average molecular weight is 404 g/mol. The number of hydrogen-bond donors (Lipinski definition) is 2. The summed E-state index contributed by atoms with van der Waals surface area (Å²) >= 11 is 6.37. The van der Waals surface area contributed by atoms with E-state index in [1.54, 1.807) is 12.1 Å². The minimum Gasteiger partial charge on any atom is -0.496 e. The lowest BCUT2D eigenvalue weighted by Gasteiger charge is -2.22. The molecule has 2 amide bonds. The molecule has 1 saturated carbocycles. The summed E-state index contributed by atoms with van der Waals surface area (Å²) in [6.07, 6.45) is 9.65. The van der Waals surface area contributed by atoms with Gasteiger partial charge in [-0.05, 0) is 31.0 Å². The van der Waals surface area contributed by atoms with Gasteiger partial charge in [0.2, 0.25) is 5.91 Å². The number of methoxy groups -OCH3 is 1. The SMILES string of the molecule is COc1cc(-n2cccc2)c(Cl)cc1C(=O)NCCC(=O)NC1CCCCC1. The van der Waals surface area contributed by atoms with Gasteiger partial charge in [0, 0.05) is 37.5 Å². The van der Waals surface area contributed by atoms with E-state index in [1.165, 1.54) is 26.4 Å². The summed E-state index contributed by atoms with van der Waals surface area (Å²) in [5.41, 5.74) is 1.07. The van der Waals surface area contributed by atoms with Gasteiger partial charge in [0.1, 0.15) is 5.75 Å². The molecule has 0 bridgehead atoms. The van der Waals surface area contributed by atoms with E-state index in [1.807, 2.05) is 29.1 Å². The Labute approximate surface area is 170 Å². The van der Waals surface area contributed by atoms with E-state index in [2.05, 4.69) is 10.6 Å². The Balaban J connectivity index is 1.57. The maximum Gasteiger partial charge on any atom is 0.255 e. The molecule has 1 aliphatic carbocycles. The van der Waals surface area contributed by atoms with Crippen molar-refractivity contribution in [3.8, 4) is 11.4 Å². The predicted octanol–water partition coefficient (Wildman–Crippen LogP) is 3.71. The van der Waals surface area contributed by atoms with E-state index >= 15 is 0 Å². The summed E-state index contributed by atoms with van der Waals surface area (Å²) in [4.78, 5) is 24.6. The standard InChI is InChI=1S/C21H26ClN3O3/c1-28-19-14-18(25-11-5-6-12-25)17(22)13-16(19)21(27)23-10-9-20(26)24-15-7-3-2-4-8-15/h5-6,11-15H,2-4,7-10H2,1H3,(H,23,27)(H,24,26). The smallest absolute Gasteiger partial charge is 0.255 e. The molecule has 0 aliphatic heterocycles. The van der Waals surface area contributed by atoms with Crippen LogP contribution in [0.5, 0.6) is 5.75 Å². The van der Waals surface area contributed by atoms with Crippen molar-refractivity contribution in [3.63, 3.8) is 0 Å². The topological polar surface area (TPSA) is 72.4 Å². The van der Waals surface area contributed by atoms with Crippen LogP contribution in [0.3, 0.4) is 0 Å². The van der Waals surface area contributed by atoms with Crippen molar-refractivity contribution in [1.29, 1.82) is 0 Å². The van der Waals surface area contributed by atoms with Gasteiger partial charge in [0.25, 0.3) is 5.91 Å². The zero-order chi connectivity index (χ0) is 19.9. The first-order valence-corrected chi connectivity index (χ1v) is 10.0. The Kier molecular flexibility index (Phi) is 6.98. The normalized spacial score (nSPS) is 14.5. The third-order valence-corrected chi connectivity index (χ3v) is 5.31. The van der Waals surface area contributed by atoms with Crippen LogP contribution in [0.1, 0.15) is 48.9 Å². The molecule has 7 heteroatoms. The Morgan fingerprint density at radius 2 is 1.89 bits per heavy atom. The molecule has 1 heterocycles. The Hall–Kier alpha value is -2.47. The average Bonchev–Trinajstić information content (AvgIpc) is 3.23. The number of nitrogens with one attached hydrogen (secondary N) is 2. The molecular weight excluding hydrogens is 378 g/mol. The summed E-state index contributed by atoms with van der Waals surface area (Å²) in [5, 5.41) is 6.27. The molecule has 2 N–H and O–H groups in total. The van der Waals surface area contributed by atoms with Crippen LogP contribution in [0.4, 0.5) is 0 Å².